The molecule has 0 amide bonds. The van der Waals surface area contributed by atoms with Crippen LogP contribution in [0, 0.1) is 11.7 Å². The number of nitrogens with one attached hydrogen (secondary N) is 1. The van der Waals surface area contributed by atoms with E-state index in [-0.39, 0.29) is 16.9 Å². The fourth-order valence-corrected chi connectivity index (χ4v) is 2.45. The number of halogens is 1. The average Bonchev–Trinajstić information content (AvgIpc) is 2.17. The number of rotatable bonds is 4. The van der Waals surface area contributed by atoms with Crippen molar-refractivity contribution in [1.29, 1.82) is 0 Å². The first-order valence-corrected chi connectivity index (χ1v) is 6.59. The highest BCUT2D eigenvalue weighted by atomic mass is 32.2. The fourth-order valence-electron chi connectivity index (χ4n) is 1.06. The summed E-state index contributed by atoms with van der Waals surface area (Å²) in [5.74, 6) is -0.244. The zero-order valence-corrected chi connectivity index (χ0v) is 10.4. The Balaban J connectivity index is 2.90. The lowest BCUT2D eigenvalue weighted by atomic mass is 10.1. The molecule has 1 aromatic carbocycles. The Morgan fingerprint density at radius 1 is 1.12 bits per heavy atom. The van der Waals surface area contributed by atoms with Crippen LogP contribution in [-0.2, 0) is 10.0 Å². The minimum absolute atomic E-state index is 0.0846. The molecular formula is C11H16FNO2S. The van der Waals surface area contributed by atoms with E-state index in [1.807, 2.05) is 13.8 Å². The standard InChI is InChI=1S/C11H16FNO2S/c1-8(2)9(3)13-16(14,15)11-6-4-10(12)5-7-11/h4-9,13H,1-3H3. The summed E-state index contributed by atoms with van der Waals surface area (Å²) in [6.07, 6.45) is 0. The van der Waals surface area contributed by atoms with E-state index in [1.54, 1.807) is 6.92 Å². The molecule has 0 radical (unpaired) electrons. The second-order valence-electron chi connectivity index (χ2n) is 4.11. The van der Waals surface area contributed by atoms with Crippen LogP contribution in [0.15, 0.2) is 29.2 Å². The maximum absolute atomic E-state index is 12.7. The Kier molecular flexibility index (Phi) is 4.04. The van der Waals surface area contributed by atoms with Crippen molar-refractivity contribution < 1.29 is 12.8 Å². The van der Waals surface area contributed by atoms with Gasteiger partial charge in [0.1, 0.15) is 5.82 Å². The Hall–Kier alpha value is -0.940. The van der Waals surface area contributed by atoms with Crippen LogP contribution in [0.5, 0.6) is 0 Å². The van der Waals surface area contributed by atoms with Crippen molar-refractivity contribution in [2.45, 2.75) is 31.7 Å². The molecule has 0 aliphatic rings. The molecule has 0 bridgehead atoms. The lowest BCUT2D eigenvalue weighted by molar-refractivity contribution is 0.476. The van der Waals surface area contributed by atoms with Crippen molar-refractivity contribution in [2.75, 3.05) is 0 Å². The SMILES string of the molecule is CC(C)C(C)NS(=O)(=O)c1ccc(F)cc1. The van der Waals surface area contributed by atoms with E-state index in [9.17, 15) is 12.8 Å². The lowest BCUT2D eigenvalue weighted by Crippen LogP contribution is -2.36. The van der Waals surface area contributed by atoms with E-state index in [4.69, 9.17) is 0 Å². The van der Waals surface area contributed by atoms with E-state index in [2.05, 4.69) is 4.72 Å². The van der Waals surface area contributed by atoms with Gasteiger partial charge in [0.05, 0.1) is 4.90 Å². The van der Waals surface area contributed by atoms with Crippen LogP contribution in [0.25, 0.3) is 0 Å². The van der Waals surface area contributed by atoms with Crippen molar-refractivity contribution >= 4 is 10.0 Å². The minimum atomic E-state index is -3.54. The molecule has 0 saturated heterocycles. The molecule has 90 valence electrons. The predicted molar refractivity (Wildman–Crippen MR) is 61.0 cm³/mol. The van der Waals surface area contributed by atoms with Crippen molar-refractivity contribution in [3.8, 4) is 0 Å². The van der Waals surface area contributed by atoms with Gasteiger partial charge in [-0.25, -0.2) is 17.5 Å². The first kappa shape index (κ1) is 13.1. The molecule has 16 heavy (non-hydrogen) atoms. The maximum Gasteiger partial charge on any atom is 0.240 e. The van der Waals surface area contributed by atoms with Gasteiger partial charge < -0.3 is 0 Å². The quantitative estimate of drug-likeness (QED) is 0.883. The van der Waals surface area contributed by atoms with Gasteiger partial charge in [0.15, 0.2) is 0 Å². The third kappa shape index (κ3) is 3.28. The largest absolute Gasteiger partial charge is 0.240 e. The van der Waals surface area contributed by atoms with Gasteiger partial charge in [0, 0.05) is 6.04 Å². The molecule has 0 aromatic heterocycles. The zero-order chi connectivity index (χ0) is 12.3. The monoisotopic (exact) mass is 245 g/mol. The molecule has 1 aromatic rings. The van der Waals surface area contributed by atoms with Gasteiger partial charge in [-0.05, 0) is 37.1 Å². The zero-order valence-electron chi connectivity index (χ0n) is 9.57. The van der Waals surface area contributed by atoms with Gasteiger partial charge in [0.2, 0.25) is 10.0 Å². The number of benzene rings is 1. The van der Waals surface area contributed by atoms with Crippen LogP contribution in [0.4, 0.5) is 4.39 Å². The Labute approximate surface area is 95.7 Å². The molecule has 1 rings (SSSR count). The third-order valence-electron chi connectivity index (χ3n) is 2.46. The molecule has 1 unspecified atom stereocenters. The van der Waals surface area contributed by atoms with Crippen LogP contribution in [0.3, 0.4) is 0 Å². The van der Waals surface area contributed by atoms with E-state index >= 15 is 0 Å². The second kappa shape index (κ2) is 4.93. The molecule has 0 heterocycles. The molecular weight excluding hydrogens is 229 g/mol. The number of sulfonamides is 1. The summed E-state index contributed by atoms with van der Waals surface area (Å²) in [4.78, 5) is 0.0846. The Bertz CT molecular complexity index is 440. The summed E-state index contributed by atoms with van der Waals surface area (Å²) in [5, 5.41) is 0. The Morgan fingerprint density at radius 3 is 2.06 bits per heavy atom. The molecule has 0 aliphatic carbocycles. The van der Waals surface area contributed by atoms with Crippen LogP contribution in [-0.4, -0.2) is 14.5 Å². The van der Waals surface area contributed by atoms with Gasteiger partial charge in [-0.1, -0.05) is 13.8 Å². The predicted octanol–water partition coefficient (Wildman–Crippen LogP) is 2.15. The van der Waals surface area contributed by atoms with Crippen molar-refractivity contribution in [1.82, 2.24) is 4.72 Å². The van der Waals surface area contributed by atoms with E-state index in [0.29, 0.717) is 0 Å². The minimum Gasteiger partial charge on any atom is -0.208 e. The van der Waals surface area contributed by atoms with Gasteiger partial charge in [-0.15, -0.1) is 0 Å². The highest BCUT2D eigenvalue weighted by Crippen LogP contribution is 2.12. The summed E-state index contributed by atoms with van der Waals surface area (Å²) >= 11 is 0. The van der Waals surface area contributed by atoms with Crippen LogP contribution in [0.1, 0.15) is 20.8 Å². The van der Waals surface area contributed by atoms with Gasteiger partial charge in [-0.3, -0.25) is 0 Å². The van der Waals surface area contributed by atoms with E-state index < -0.39 is 15.8 Å². The Morgan fingerprint density at radius 2 is 1.62 bits per heavy atom. The van der Waals surface area contributed by atoms with Crippen LogP contribution >= 0.6 is 0 Å². The molecule has 0 fully saturated rings. The van der Waals surface area contributed by atoms with Crippen molar-refractivity contribution in [2.24, 2.45) is 5.92 Å². The summed E-state index contributed by atoms with van der Waals surface area (Å²) in [7, 11) is -3.54. The normalized spacial score (nSPS) is 14.1. The maximum atomic E-state index is 12.7. The summed E-state index contributed by atoms with van der Waals surface area (Å²) in [6, 6.07) is 4.62. The third-order valence-corrected chi connectivity index (χ3v) is 4.04. The van der Waals surface area contributed by atoms with Gasteiger partial charge >= 0.3 is 0 Å². The summed E-state index contributed by atoms with van der Waals surface area (Å²) < 4.78 is 38.8. The molecule has 1 N–H and O–H groups in total. The fraction of sp³-hybridized carbons (Fsp3) is 0.455. The highest BCUT2D eigenvalue weighted by Gasteiger charge is 2.18. The number of hydrogen-bond acceptors (Lipinski definition) is 2. The second-order valence-corrected chi connectivity index (χ2v) is 5.82. The van der Waals surface area contributed by atoms with Crippen LogP contribution in [0.2, 0.25) is 0 Å². The molecule has 0 spiro atoms. The van der Waals surface area contributed by atoms with Crippen molar-refractivity contribution in [3.05, 3.63) is 30.1 Å². The topological polar surface area (TPSA) is 46.2 Å². The first-order valence-electron chi connectivity index (χ1n) is 5.11. The average molecular weight is 245 g/mol. The summed E-state index contributed by atoms with van der Waals surface area (Å²) in [5.41, 5.74) is 0. The number of hydrogen-bond donors (Lipinski definition) is 1. The molecule has 0 aliphatic heterocycles. The summed E-state index contributed by atoms with van der Waals surface area (Å²) in [6.45, 7) is 5.65. The molecule has 3 nitrogen and oxygen atoms in total. The van der Waals surface area contributed by atoms with E-state index in [1.165, 1.54) is 12.1 Å². The van der Waals surface area contributed by atoms with Gasteiger partial charge in [-0.2, -0.15) is 0 Å². The van der Waals surface area contributed by atoms with Gasteiger partial charge in [0.25, 0.3) is 0 Å². The highest BCUT2D eigenvalue weighted by molar-refractivity contribution is 7.89. The first-order chi connectivity index (χ1) is 7.33. The molecule has 0 saturated carbocycles. The van der Waals surface area contributed by atoms with E-state index in [0.717, 1.165) is 12.1 Å². The lowest BCUT2D eigenvalue weighted by Gasteiger charge is -2.17. The smallest absolute Gasteiger partial charge is 0.208 e. The molecule has 1 atom stereocenters. The molecule has 5 heteroatoms. The van der Waals surface area contributed by atoms with Crippen LogP contribution < -0.4 is 4.72 Å². The van der Waals surface area contributed by atoms with Crippen molar-refractivity contribution in [3.63, 3.8) is 0 Å².